The summed E-state index contributed by atoms with van der Waals surface area (Å²) in [5, 5.41) is 8.99. The maximum Gasteiger partial charge on any atom is 0.220 e. The highest BCUT2D eigenvalue weighted by atomic mass is 16.5. The van der Waals surface area contributed by atoms with Crippen LogP contribution in [-0.4, -0.2) is 39.7 Å². The number of aryl methyl sites for hydroxylation is 1. The summed E-state index contributed by atoms with van der Waals surface area (Å²) in [7, 11) is 4.68. The Labute approximate surface area is 233 Å². The third-order valence-electron chi connectivity index (χ3n) is 6.85. The molecule has 1 aliphatic carbocycles. The number of carbonyl (C=O) groups excluding carboxylic acids is 2. The number of methoxy groups -OCH3 is 3. The zero-order valence-electron chi connectivity index (χ0n) is 23.2. The summed E-state index contributed by atoms with van der Waals surface area (Å²) in [6.07, 6.45) is 3.60. The number of anilines is 1. The lowest BCUT2D eigenvalue weighted by molar-refractivity contribution is -0.121. The van der Waals surface area contributed by atoms with Crippen molar-refractivity contribution in [2.45, 2.75) is 45.2 Å². The van der Waals surface area contributed by atoms with Gasteiger partial charge in [0.15, 0.2) is 11.5 Å². The van der Waals surface area contributed by atoms with Gasteiger partial charge in [-0.2, -0.15) is 0 Å². The molecule has 2 amide bonds. The van der Waals surface area contributed by atoms with Crippen LogP contribution >= 0.6 is 0 Å². The number of ether oxygens (including phenoxy) is 3. The van der Waals surface area contributed by atoms with Crippen LogP contribution in [0.5, 0.6) is 17.2 Å². The fourth-order valence-corrected chi connectivity index (χ4v) is 5.01. The van der Waals surface area contributed by atoms with Crippen molar-refractivity contribution in [2.75, 3.05) is 33.2 Å². The largest absolute Gasteiger partial charge is 0.493 e. The number of furan rings is 1. The predicted octanol–water partition coefficient (Wildman–Crippen LogP) is 3.96. The van der Waals surface area contributed by atoms with Gasteiger partial charge in [-0.05, 0) is 66.3 Å². The second-order valence-electron chi connectivity index (χ2n) is 9.48. The summed E-state index contributed by atoms with van der Waals surface area (Å²) in [5.41, 5.74) is 3.37. The minimum absolute atomic E-state index is 0.0999. The Bertz CT molecular complexity index is 1420. The van der Waals surface area contributed by atoms with E-state index in [-0.39, 0.29) is 23.3 Å². The molecule has 0 fully saturated rings. The van der Waals surface area contributed by atoms with Gasteiger partial charge in [-0.25, -0.2) is 0 Å². The molecule has 0 radical (unpaired) electrons. The molecule has 0 aliphatic heterocycles. The number of fused-ring (bicyclic) bond motifs is 3. The van der Waals surface area contributed by atoms with Gasteiger partial charge in [0, 0.05) is 25.5 Å². The first-order chi connectivity index (χ1) is 19.4. The van der Waals surface area contributed by atoms with Gasteiger partial charge >= 0.3 is 0 Å². The van der Waals surface area contributed by atoms with Crippen molar-refractivity contribution in [1.82, 2.24) is 10.6 Å². The normalized spacial score (nSPS) is 13.8. The molecule has 0 bridgehead atoms. The average Bonchev–Trinajstić information content (AvgIpc) is 3.36. The number of amides is 2. The van der Waals surface area contributed by atoms with Crippen molar-refractivity contribution in [3.63, 3.8) is 0 Å². The SMILES string of the molecule is COc1cc2c(c(OC)c1OC)-c1ccc(NCCCC(=O)NCc3ccco3)c(=O)cc1[C@H](NC(C)=O)CC2. The minimum Gasteiger partial charge on any atom is -0.493 e. The van der Waals surface area contributed by atoms with Crippen molar-refractivity contribution in [2.24, 2.45) is 0 Å². The topological polar surface area (TPSA) is 128 Å². The lowest BCUT2D eigenvalue weighted by Gasteiger charge is -2.19. The number of nitrogens with one attached hydrogen (secondary N) is 3. The van der Waals surface area contributed by atoms with Gasteiger partial charge in [-0.1, -0.05) is 6.07 Å². The molecular formula is C30H35N3O7. The van der Waals surface area contributed by atoms with Gasteiger partial charge in [0.25, 0.3) is 0 Å². The number of benzene rings is 1. The van der Waals surface area contributed by atoms with Gasteiger partial charge in [0.1, 0.15) is 5.76 Å². The second kappa shape index (κ2) is 13.1. The first-order valence-corrected chi connectivity index (χ1v) is 13.2. The lowest BCUT2D eigenvalue weighted by Crippen LogP contribution is -2.26. The van der Waals surface area contributed by atoms with Crippen LogP contribution in [0.3, 0.4) is 0 Å². The number of hydrogen-bond acceptors (Lipinski definition) is 8. The predicted molar refractivity (Wildman–Crippen MR) is 151 cm³/mol. The Morgan fingerprint density at radius 1 is 1.05 bits per heavy atom. The summed E-state index contributed by atoms with van der Waals surface area (Å²) in [6.45, 7) is 2.22. The Morgan fingerprint density at radius 3 is 2.52 bits per heavy atom. The highest BCUT2D eigenvalue weighted by Crippen LogP contribution is 2.50. The molecule has 10 nitrogen and oxygen atoms in total. The maximum absolute atomic E-state index is 13.3. The standard InChI is InChI=1S/C30H35N3O7/c1-18(34)33-23-11-9-19-15-26(37-2)29(38-3)30(39-4)28(19)21-10-12-24(25(35)16-22(21)23)31-13-5-8-27(36)32-17-20-7-6-14-40-20/h6-7,10,12,14-16,23H,5,8-9,11,13,17H2,1-4H3,(H,31,35)(H,32,36)(H,33,34)/t23-/m1/s1. The molecule has 1 atom stereocenters. The van der Waals surface area contributed by atoms with E-state index in [2.05, 4.69) is 16.0 Å². The summed E-state index contributed by atoms with van der Waals surface area (Å²) in [5.74, 6) is 1.88. The summed E-state index contributed by atoms with van der Waals surface area (Å²) in [4.78, 5) is 37.6. The fourth-order valence-electron chi connectivity index (χ4n) is 5.01. The molecule has 1 heterocycles. The molecule has 2 aromatic carbocycles. The highest BCUT2D eigenvalue weighted by Gasteiger charge is 2.29. The van der Waals surface area contributed by atoms with Crippen LogP contribution in [0.4, 0.5) is 5.69 Å². The molecule has 0 unspecified atom stereocenters. The average molecular weight is 550 g/mol. The molecule has 10 heteroatoms. The van der Waals surface area contributed by atoms with E-state index in [1.165, 1.54) is 6.92 Å². The van der Waals surface area contributed by atoms with Crippen molar-refractivity contribution >= 4 is 17.5 Å². The molecule has 1 aliphatic rings. The van der Waals surface area contributed by atoms with Crippen molar-refractivity contribution in [1.29, 1.82) is 0 Å². The summed E-state index contributed by atoms with van der Waals surface area (Å²) >= 11 is 0. The van der Waals surface area contributed by atoms with E-state index in [1.54, 1.807) is 51.9 Å². The van der Waals surface area contributed by atoms with Gasteiger partial charge in [0.05, 0.1) is 45.9 Å². The number of hydrogen-bond donors (Lipinski definition) is 3. The number of rotatable bonds is 11. The molecule has 3 N–H and O–H groups in total. The number of carbonyl (C=O) groups is 2. The smallest absolute Gasteiger partial charge is 0.220 e. The lowest BCUT2D eigenvalue weighted by atomic mass is 9.95. The third kappa shape index (κ3) is 6.39. The zero-order chi connectivity index (χ0) is 28.6. The van der Waals surface area contributed by atoms with Crippen molar-refractivity contribution < 1.29 is 28.2 Å². The molecule has 40 heavy (non-hydrogen) atoms. The van der Waals surface area contributed by atoms with E-state index in [0.29, 0.717) is 73.0 Å². The van der Waals surface area contributed by atoms with E-state index in [9.17, 15) is 14.4 Å². The quantitative estimate of drug-likeness (QED) is 0.307. The van der Waals surface area contributed by atoms with Gasteiger partial charge in [-0.15, -0.1) is 0 Å². The van der Waals surface area contributed by atoms with E-state index in [4.69, 9.17) is 18.6 Å². The maximum atomic E-state index is 13.3. The highest BCUT2D eigenvalue weighted by molar-refractivity contribution is 5.83. The second-order valence-corrected chi connectivity index (χ2v) is 9.48. The summed E-state index contributed by atoms with van der Waals surface area (Å²) in [6, 6.07) is 10.3. The van der Waals surface area contributed by atoms with Gasteiger partial charge < -0.3 is 34.6 Å². The first-order valence-electron chi connectivity index (χ1n) is 13.2. The van der Waals surface area contributed by atoms with Crippen LogP contribution in [0.2, 0.25) is 0 Å². The molecule has 0 saturated carbocycles. The van der Waals surface area contributed by atoms with Gasteiger partial charge in [0.2, 0.25) is 23.0 Å². The van der Waals surface area contributed by atoms with Crippen LogP contribution < -0.4 is 35.6 Å². The van der Waals surface area contributed by atoms with Crippen LogP contribution in [0, 0.1) is 0 Å². The van der Waals surface area contributed by atoms with Crippen LogP contribution in [-0.2, 0) is 22.6 Å². The fraction of sp³-hybridized carbons (Fsp3) is 0.367. The zero-order valence-corrected chi connectivity index (χ0v) is 23.2. The summed E-state index contributed by atoms with van der Waals surface area (Å²) < 4.78 is 22.2. The van der Waals surface area contributed by atoms with Gasteiger partial charge in [-0.3, -0.25) is 14.4 Å². The molecular weight excluding hydrogens is 514 g/mol. The van der Waals surface area contributed by atoms with Crippen molar-refractivity contribution in [3.8, 4) is 28.4 Å². The molecule has 212 valence electrons. The molecule has 0 saturated heterocycles. The molecule has 4 rings (SSSR count). The minimum atomic E-state index is -0.382. The van der Waals surface area contributed by atoms with E-state index in [0.717, 1.165) is 16.7 Å². The molecule has 1 aromatic heterocycles. The third-order valence-corrected chi connectivity index (χ3v) is 6.85. The van der Waals surface area contributed by atoms with E-state index < -0.39 is 0 Å². The van der Waals surface area contributed by atoms with E-state index in [1.807, 2.05) is 12.1 Å². The van der Waals surface area contributed by atoms with E-state index >= 15 is 0 Å². The van der Waals surface area contributed by atoms with Crippen LogP contribution in [0.25, 0.3) is 11.1 Å². The molecule has 3 aromatic rings. The monoisotopic (exact) mass is 549 g/mol. The Balaban J connectivity index is 1.62. The molecule has 0 spiro atoms. The van der Waals surface area contributed by atoms with Crippen LogP contribution in [0.1, 0.15) is 49.1 Å². The first kappa shape index (κ1) is 28.5. The Morgan fingerprint density at radius 2 is 1.85 bits per heavy atom. The van der Waals surface area contributed by atoms with Crippen LogP contribution in [0.15, 0.2) is 51.9 Å². The Kier molecular flexibility index (Phi) is 9.31. The van der Waals surface area contributed by atoms with Crippen molar-refractivity contribution in [3.05, 3.63) is 69.8 Å². The Hall–Kier alpha value is -4.47.